The minimum Gasteiger partial charge on any atom is -0.313 e. The first-order valence-electron chi connectivity index (χ1n) is 9.05. The molecule has 1 aromatic heterocycles. The molecule has 1 saturated carbocycles. The second-order valence-corrected chi connectivity index (χ2v) is 6.99. The van der Waals surface area contributed by atoms with Crippen LogP contribution in [0.5, 0.6) is 0 Å². The van der Waals surface area contributed by atoms with E-state index in [4.69, 9.17) is 4.98 Å². The second-order valence-electron chi connectivity index (χ2n) is 6.99. The lowest BCUT2D eigenvalue weighted by Crippen LogP contribution is -2.37. The molecule has 1 aromatic rings. The first-order valence-corrected chi connectivity index (χ1v) is 9.05. The zero-order valence-corrected chi connectivity index (χ0v) is 13.5. The molecular weight excluding hydrogens is 256 g/mol. The van der Waals surface area contributed by atoms with Crippen LogP contribution in [0, 0.1) is 5.92 Å². The van der Waals surface area contributed by atoms with Crippen molar-refractivity contribution < 1.29 is 0 Å². The summed E-state index contributed by atoms with van der Waals surface area (Å²) in [5, 5.41) is 3.86. The van der Waals surface area contributed by atoms with Crippen molar-refractivity contribution in [2.75, 3.05) is 6.54 Å². The lowest BCUT2D eigenvalue weighted by molar-refractivity contribution is 0.275. The molecule has 0 bridgehead atoms. The number of nitrogens with zero attached hydrogens (tertiary/aromatic N) is 1. The molecule has 21 heavy (non-hydrogen) atoms. The Morgan fingerprint density at radius 2 is 2.10 bits per heavy atom. The van der Waals surface area contributed by atoms with Gasteiger partial charge in [-0.15, -0.1) is 0 Å². The summed E-state index contributed by atoms with van der Waals surface area (Å²) in [4.78, 5) is 4.72. The van der Waals surface area contributed by atoms with Gasteiger partial charge < -0.3 is 5.32 Å². The molecule has 3 rings (SSSR count). The van der Waals surface area contributed by atoms with Gasteiger partial charge in [-0.1, -0.05) is 45.1 Å². The number of fused-ring (bicyclic) bond motifs is 1. The van der Waals surface area contributed by atoms with E-state index < -0.39 is 0 Å². The fourth-order valence-electron chi connectivity index (χ4n) is 4.34. The highest BCUT2D eigenvalue weighted by Crippen LogP contribution is 2.38. The third kappa shape index (κ3) is 3.66. The van der Waals surface area contributed by atoms with Crippen LogP contribution in [0.2, 0.25) is 0 Å². The third-order valence-electron chi connectivity index (χ3n) is 5.46. The smallest absolute Gasteiger partial charge is 0.0482 e. The summed E-state index contributed by atoms with van der Waals surface area (Å²) < 4.78 is 0. The van der Waals surface area contributed by atoms with Gasteiger partial charge in [0, 0.05) is 23.9 Å². The number of nitrogens with one attached hydrogen (secondary N) is 1. The van der Waals surface area contributed by atoms with Crippen molar-refractivity contribution in [3.63, 3.8) is 0 Å². The molecule has 2 heteroatoms. The fraction of sp³-hybridized carbons (Fsp3) is 0.737. The van der Waals surface area contributed by atoms with E-state index in [1.54, 1.807) is 0 Å². The van der Waals surface area contributed by atoms with Gasteiger partial charge in [0.05, 0.1) is 0 Å². The molecule has 1 N–H and O–H groups in total. The Kier molecular flexibility index (Phi) is 5.29. The topological polar surface area (TPSA) is 24.9 Å². The molecule has 2 aliphatic rings. The van der Waals surface area contributed by atoms with Crippen molar-refractivity contribution in [3.05, 3.63) is 29.6 Å². The van der Waals surface area contributed by atoms with Crippen LogP contribution < -0.4 is 5.32 Å². The van der Waals surface area contributed by atoms with Gasteiger partial charge in [-0.25, -0.2) is 0 Å². The minimum atomic E-state index is 0.643. The van der Waals surface area contributed by atoms with Crippen molar-refractivity contribution in [2.24, 2.45) is 5.92 Å². The molecular formula is C19H30N2. The molecule has 0 saturated heterocycles. The van der Waals surface area contributed by atoms with E-state index in [0.29, 0.717) is 12.0 Å². The highest BCUT2D eigenvalue weighted by atomic mass is 14.9. The lowest BCUT2D eigenvalue weighted by atomic mass is 9.81. The molecule has 1 fully saturated rings. The van der Waals surface area contributed by atoms with Gasteiger partial charge >= 0.3 is 0 Å². The van der Waals surface area contributed by atoms with E-state index in [1.807, 2.05) is 6.20 Å². The van der Waals surface area contributed by atoms with Crippen LogP contribution in [0.4, 0.5) is 0 Å². The highest BCUT2D eigenvalue weighted by Gasteiger charge is 2.32. The average molecular weight is 286 g/mol. The Hall–Kier alpha value is -0.890. The summed E-state index contributed by atoms with van der Waals surface area (Å²) in [5.74, 6) is 1.59. The Morgan fingerprint density at radius 1 is 1.24 bits per heavy atom. The number of aryl methyl sites for hydroxylation is 1. The van der Waals surface area contributed by atoms with Gasteiger partial charge in [-0.3, -0.25) is 4.98 Å². The maximum Gasteiger partial charge on any atom is 0.0482 e. The number of hydrogen-bond acceptors (Lipinski definition) is 2. The van der Waals surface area contributed by atoms with Crippen molar-refractivity contribution in [2.45, 2.75) is 76.7 Å². The first kappa shape index (κ1) is 15.0. The molecule has 2 nitrogen and oxygen atoms in total. The number of rotatable bonds is 6. The van der Waals surface area contributed by atoms with E-state index in [0.717, 1.165) is 12.5 Å². The molecule has 2 atom stereocenters. The van der Waals surface area contributed by atoms with Crippen LogP contribution in [0.15, 0.2) is 18.3 Å². The summed E-state index contributed by atoms with van der Waals surface area (Å²) in [5.41, 5.74) is 2.89. The van der Waals surface area contributed by atoms with Crippen LogP contribution in [-0.2, 0) is 6.42 Å². The minimum absolute atomic E-state index is 0.643. The maximum atomic E-state index is 4.72. The van der Waals surface area contributed by atoms with Crippen molar-refractivity contribution in [1.82, 2.24) is 10.3 Å². The normalized spacial score (nSPS) is 24.0. The molecule has 2 aliphatic carbocycles. The molecule has 1 heterocycles. The van der Waals surface area contributed by atoms with Crippen LogP contribution in [0.25, 0.3) is 0 Å². The van der Waals surface area contributed by atoms with Crippen molar-refractivity contribution in [1.29, 1.82) is 0 Å². The largest absolute Gasteiger partial charge is 0.313 e. The number of pyridine rings is 1. The van der Waals surface area contributed by atoms with E-state index in [9.17, 15) is 0 Å². The van der Waals surface area contributed by atoms with E-state index in [1.165, 1.54) is 69.0 Å². The van der Waals surface area contributed by atoms with Crippen LogP contribution in [-0.4, -0.2) is 17.6 Å². The monoisotopic (exact) mass is 286 g/mol. The summed E-state index contributed by atoms with van der Waals surface area (Å²) in [6, 6.07) is 5.01. The Balaban J connectivity index is 1.70. The van der Waals surface area contributed by atoms with Gasteiger partial charge in [-0.2, -0.15) is 0 Å². The SMILES string of the molecule is CCCNC(CC1CCCCC1)C1CCc2cccnc21. The predicted octanol–water partition coefficient (Wildman–Crippen LogP) is 4.45. The molecule has 0 spiro atoms. The number of hydrogen-bond donors (Lipinski definition) is 1. The van der Waals surface area contributed by atoms with Gasteiger partial charge in [-0.05, 0) is 49.8 Å². The molecule has 0 aromatic carbocycles. The van der Waals surface area contributed by atoms with Gasteiger partial charge in [0.25, 0.3) is 0 Å². The first-order chi connectivity index (χ1) is 10.4. The molecule has 2 unspecified atom stereocenters. The summed E-state index contributed by atoms with van der Waals surface area (Å²) >= 11 is 0. The number of aromatic nitrogens is 1. The van der Waals surface area contributed by atoms with Crippen LogP contribution in [0.3, 0.4) is 0 Å². The Labute approximate surface area is 129 Å². The zero-order valence-electron chi connectivity index (χ0n) is 13.5. The maximum absolute atomic E-state index is 4.72. The zero-order chi connectivity index (χ0) is 14.5. The lowest BCUT2D eigenvalue weighted by Gasteiger charge is -2.31. The molecule has 116 valence electrons. The summed E-state index contributed by atoms with van der Waals surface area (Å²) in [6.07, 6.45) is 14.3. The average Bonchev–Trinajstić information content (AvgIpc) is 2.96. The fourth-order valence-corrected chi connectivity index (χ4v) is 4.34. The van der Waals surface area contributed by atoms with Crippen molar-refractivity contribution >= 4 is 0 Å². The highest BCUT2D eigenvalue weighted by molar-refractivity contribution is 5.30. The Morgan fingerprint density at radius 3 is 2.90 bits per heavy atom. The van der Waals surface area contributed by atoms with E-state index >= 15 is 0 Å². The second kappa shape index (κ2) is 7.40. The van der Waals surface area contributed by atoms with Gasteiger partial charge in [0.2, 0.25) is 0 Å². The summed E-state index contributed by atoms with van der Waals surface area (Å²) in [6.45, 7) is 3.42. The van der Waals surface area contributed by atoms with Crippen LogP contribution >= 0.6 is 0 Å². The van der Waals surface area contributed by atoms with E-state index in [-0.39, 0.29) is 0 Å². The van der Waals surface area contributed by atoms with Gasteiger partial charge in [0.1, 0.15) is 0 Å². The van der Waals surface area contributed by atoms with Crippen molar-refractivity contribution in [3.8, 4) is 0 Å². The van der Waals surface area contributed by atoms with Crippen LogP contribution in [0.1, 0.15) is 75.5 Å². The third-order valence-corrected chi connectivity index (χ3v) is 5.46. The predicted molar refractivity (Wildman–Crippen MR) is 88.6 cm³/mol. The molecule has 0 radical (unpaired) electrons. The standard InChI is InChI=1S/C19H30N2/c1-2-12-20-18(14-15-7-4-3-5-8-15)17-11-10-16-9-6-13-21-19(16)17/h6,9,13,15,17-18,20H,2-5,7-8,10-12,14H2,1H3. The van der Waals surface area contributed by atoms with Gasteiger partial charge in [0.15, 0.2) is 0 Å². The quantitative estimate of drug-likeness (QED) is 0.835. The Bertz CT molecular complexity index is 437. The molecule has 0 aliphatic heterocycles. The van der Waals surface area contributed by atoms with E-state index in [2.05, 4.69) is 24.4 Å². The molecule has 0 amide bonds. The summed E-state index contributed by atoms with van der Waals surface area (Å²) in [7, 11) is 0.